The molecule has 1 aromatic heterocycles. The van der Waals surface area contributed by atoms with Crippen LogP contribution in [-0.4, -0.2) is 52.1 Å². The van der Waals surface area contributed by atoms with Gasteiger partial charge in [0.2, 0.25) is 5.91 Å². The summed E-state index contributed by atoms with van der Waals surface area (Å²) < 4.78 is 6.81. The summed E-state index contributed by atoms with van der Waals surface area (Å²) in [4.78, 5) is 41.7. The average Bonchev–Trinajstić information content (AvgIpc) is 3.05. The van der Waals surface area contributed by atoms with Crippen LogP contribution in [0.4, 0.5) is 0 Å². The first-order chi connectivity index (χ1) is 15.5. The van der Waals surface area contributed by atoms with E-state index in [4.69, 9.17) is 4.74 Å². The summed E-state index contributed by atoms with van der Waals surface area (Å²) in [5, 5.41) is 15.0. The van der Waals surface area contributed by atoms with Gasteiger partial charge in [0.1, 0.15) is 17.6 Å². The minimum atomic E-state index is -0.841. The number of aryl methyl sites for hydroxylation is 1. The molecule has 0 saturated heterocycles. The molecule has 3 N–H and O–H groups in total. The third-order valence-electron chi connectivity index (χ3n) is 5.48. The number of carbonyl (C=O) groups is 3. The Bertz CT molecular complexity index is 1170. The van der Waals surface area contributed by atoms with Gasteiger partial charge in [-0.1, -0.05) is 18.2 Å². The molecule has 0 fully saturated rings. The van der Waals surface area contributed by atoms with Crippen LogP contribution in [0, 0.1) is 0 Å². The van der Waals surface area contributed by atoms with E-state index < -0.39 is 12.0 Å². The number of rotatable bonds is 7. The normalized spacial score (nSPS) is 13.8. The molecule has 1 aliphatic rings. The molecule has 1 aliphatic heterocycles. The van der Waals surface area contributed by atoms with E-state index in [9.17, 15) is 19.5 Å². The fourth-order valence-electron chi connectivity index (χ4n) is 3.92. The maximum Gasteiger partial charge on any atom is 0.328 e. The van der Waals surface area contributed by atoms with E-state index in [2.05, 4.69) is 15.6 Å². The second-order valence-electron chi connectivity index (χ2n) is 7.62. The molecule has 4 rings (SSSR count). The highest BCUT2D eigenvalue weighted by atomic mass is 16.5. The van der Waals surface area contributed by atoms with Gasteiger partial charge in [-0.2, -0.15) is 0 Å². The Morgan fingerprint density at radius 2 is 2.03 bits per heavy atom. The predicted molar refractivity (Wildman–Crippen MR) is 116 cm³/mol. The quantitative estimate of drug-likeness (QED) is 0.480. The van der Waals surface area contributed by atoms with Crippen molar-refractivity contribution in [2.75, 3.05) is 13.7 Å². The molecule has 2 aromatic carbocycles. The fourth-order valence-corrected chi connectivity index (χ4v) is 3.92. The number of aromatic hydroxyl groups is 1. The number of para-hydroxylation sites is 1. The summed E-state index contributed by atoms with van der Waals surface area (Å²) in [6.07, 6.45) is 0.735. The fraction of sp³-hybridized carbons (Fsp3) is 0.304. The van der Waals surface area contributed by atoms with Gasteiger partial charge < -0.3 is 25.0 Å². The summed E-state index contributed by atoms with van der Waals surface area (Å²) in [5.41, 5.74) is 2.85. The van der Waals surface area contributed by atoms with Crippen molar-refractivity contribution in [3.05, 3.63) is 59.4 Å². The third kappa shape index (κ3) is 4.41. The van der Waals surface area contributed by atoms with Crippen LogP contribution >= 0.6 is 0 Å². The molecule has 0 radical (unpaired) electrons. The zero-order chi connectivity index (χ0) is 22.7. The van der Waals surface area contributed by atoms with E-state index in [1.807, 2.05) is 10.6 Å². The van der Waals surface area contributed by atoms with Gasteiger partial charge in [-0.15, -0.1) is 0 Å². The molecule has 0 spiro atoms. The van der Waals surface area contributed by atoms with E-state index in [1.165, 1.54) is 19.2 Å². The van der Waals surface area contributed by atoms with Gasteiger partial charge in [0.15, 0.2) is 0 Å². The Labute approximate surface area is 184 Å². The minimum absolute atomic E-state index is 0.124. The van der Waals surface area contributed by atoms with Crippen molar-refractivity contribution in [3.63, 3.8) is 0 Å². The first kappa shape index (κ1) is 21.4. The summed E-state index contributed by atoms with van der Waals surface area (Å²) in [5.74, 6) is -0.138. The Balaban J connectivity index is 1.46. The monoisotopic (exact) mass is 436 g/mol. The van der Waals surface area contributed by atoms with Gasteiger partial charge in [-0.05, 0) is 29.8 Å². The van der Waals surface area contributed by atoms with Crippen LogP contribution in [0.2, 0.25) is 0 Å². The first-order valence-electron chi connectivity index (χ1n) is 10.4. The molecule has 0 bridgehead atoms. The number of hydrogen-bond donors (Lipinski definition) is 3. The molecule has 2 heterocycles. The summed E-state index contributed by atoms with van der Waals surface area (Å²) in [7, 11) is 1.27. The zero-order valence-corrected chi connectivity index (χ0v) is 17.6. The van der Waals surface area contributed by atoms with Crippen molar-refractivity contribution in [3.8, 4) is 5.75 Å². The number of carbonyl (C=O) groups excluding carboxylic acids is 3. The molecule has 9 nitrogen and oxygen atoms in total. The van der Waals surface area contributed by atoms with E-state index in [-0.39, 0.29) is 30.4 Å². The van der Waals surface area contributed by atoms with E-state index in [1.54, 1.807) is 24.3 Å². The second kappa shape index (κ2) is 9.09. The lowest BCUT2D eigenvalue weighted by Gasteiger charge is -2.17. The number of aromatic nitrogens is 2. The van der Waals surface area contributed by atoms with Crippen LogP contribution in [0.25, 0.3) is 11.0 Å². The lowest BCUT2D eigenvalue weighted by molar-refractivity contribution is -0.145. The zero-order valence-electron chi connectivity index (χ0n) is 17.6. The maximum absolute atomic E-state index is 12.6. The number of phenolic OH excluding ortho intramolecular Hbond substituents is 1. The number of methoxy groups -OCH3 is 1. The summed E-state index contributed by atoms with van der Waals surface area (Å²) >= 11 is 0. The van der Waals surface area contributed by atoms with Crippen LogP contribution in [-0.2, 0) is 33.7 Å². The van der Waals surface area contributed by atoms with E-state index in [0.717, 1.165) is 16.6 Å². The molecule has 1 unspecified atom stereocenters. The largest absolute Gasteiger partial charge is 0.508 e. The molecule has 32 heavy (non-hydrogen) atoms. The summed E-state index contributed by atoms with van der Waals surface area (Å²) in [6, 6.07) is 11.0. The molecule has 0 aliphatic carbocycles. The smallest absolute Gasteiger partial charge is 0.328 e. The Hall–Kier alpha value is -3.88. The van der Waals surface area contributed by atoms with Crippen molar-refractivity contribution in [2.24, 2.45) is 0 Å². The van der Waals surface area contributed by atoms with Crippen molar-refractivity contribution in [2.45, 2.75) is 31.8 Å². The Morgan fingerprint density at radius 3 is 2.78 bits per heavy atom. The number of nitrogens with one attached hydrogen (secondary N) is 2. The third-order valence-corrected chi connectivity index (χ3v) is 5.48. The SMILES string of the molecule is COC(=O)C(Cc1ccc(O)cc1)NC(=O)CCc1nc2cccc3c2n1CCNC3=O. The number of esters is 1. The van der Waals surface area contributed by atoms with Crippen molar-refractivity contribution in [1.29, 1.82) is 0 Å². The van der Waals surface area contributed by atoms with Gasteiger partial charge in [-0.3, -0.25) is 9.59 Å². The van der Waals surface area contributed by atoms with Gasteiger partial charge in [0, 0.05) is 32.4 Å². The van der Waals surface area contributed by atoms with Crippen LogP contribution in [0.5, 0.6) is 5.75 Å². The lowest BCUT2D eigenvalue weighted by Crippen LogP contribution is -2.43. The van der Waals surface area contributed by atoms with Gasteiger partial charge in [0.25, 0.3) is 5.91 Å². The number of phenols is 1. The summed E-state index contributed by atoms with van der Waals surface area (Å²) in [6.45, 7) is 1.05. The first-order valence-corrected chi connectivity index (χ1v) is 10.4. The molecule has 1 atom stereocenters. The molecule has 0 saturated carbocycles. The highest BCUT2D eigenvalue weighted by Gasteiger charge is 2.24. The van der Waals surface area contributed by atoms with Crippen molar-refractivity contribution in [1.82, 2.24) is 20.2 Å². The second-order valence-corrected chi connectivity index (χ2v) is 7.62. The van der Waals surface area contributed by atoms with Crippen molar-refractivity contribution < 1.29 is 24.2 Å². The standard InChI is InChI=1S/C23H24N4O5/c1-32-23(31)18(13-14-5-7-15(28)8-6-14)26-20(29)10-9-19-25-17-4-2-3-16-21(17)27(19)12-11-24-22(16)30/h2-8,18,28H,9-13H2,1H3,(H,24,30)(H,26,29). The topological polar surface area (TPSA) is 123 Å². The van der Waals surface area contributed by atoms with Crippen LogP contribution < -0.4 is 10.6 Å². The van der Waals surface area contributed by atoms with Gasteiger partial charge in [-0.25, -0.2) is 9.78 Å². The van der Waals surface area contributed by atoms with Gasteiger partial charge in [0.05, 0.1) is 23.7 Å². The number of ether oxygens (including phenoxy) is 1. The lowest BCUT2D eigenvalue weighted by atomic mass is 10.1. The number of amides is 2. The predicted octanol–water partition coefficient (Wildman–Crippen LogP) is 1.32. The molecule has 166 valence electrons. The number of nitrogens with zero attached hydrogens (tertiary/aromatic N) is 2. The molecule has 9 heteroatoms. The maximum atomic E-state index is 12.6. The number of hydrogen-bond acceptors (Lipinski definition) is 6. The highest BCUT2D eigenvalue weighted by Crippen LogP contribution is 2.23. The van der Waals surface area contributed by atoms with Crippen LogP contribution in [0.3, 0.4) is 0 Å². The molecule has 2 amide bonds. The Kier molecular flexibility index (Phi) is 6.07. The van der Waals surface area contributed by atoms with Crippen molar-refractivity contribution >= 4 is 28.8 Å². The number of imidazole rings is 1. The van der Waals surface area contributed by atoms with Gasteiger partial charge >= 0.3 is 5.97 Å². The van der Waals surface area contributed by atoms with E-state index in [0.29, 0.717) is 30.9 Å². The van der Waals surface area contributed by atoms with Crippen LogP contribution in [0.15, 0.2) is 42.5 Å². The number of benzene rings is 2. The van der Waals surface area contributed by atoms with Crippen LogP contribution in [0.1, 0.15) is 28.2 Å². The highest BCUT2D eigenvalue weighted by molar-refractivity contribution is 6.05. The van der Waals surface area contributed by atoms with E-state index >= 15 is 0 Å². The Morgan fingerprint density at radius 1 is 1.25 bits per heavy atom. The minimum Gasteiger partial charge on any atom is -0.508 e. The molecule has 3 aromatic rings. The molecular formula is C23H24N4O5. The average molecular weight is 436 g/mol. The molecular weight excluding hydrogens is 412 g/mol.